The fourth-order valence-corrected chi connectivity index (χ4v) is 1.83. The van der Waals surface area contributed by atoms with Crippen LogP contribution in [0, 0.1) is 12.3 Å². The van der Waals surface area contributed by atoms with Gasteiger partial charge in [-0.1, -0.05) is 18.1 Å². The van der Waals surface area contributed by atoms with Crippen LogP contribution in [0.1, 0.15) is 12.6 Å². The number of anilines is 1. The lowest BCUT2D eigenvalue weighted by Crippen LogP contribution is -2.08. The van der Waals surface area contributed by atoms with Crippen LogP contribution in [0.15, 0.2) is 54.5 Å². The van der Waals surface area contributed by atoms with Crippen molar-refractivity contribution in [2.45, 2.75) is 6.92 Å². The highest BCUT2D eigenvalue weighted by Gasteiger charge is 1.99. The monoisotopic (exact) mass is 277 g/mol. The molecule has 0 unspecified atom stereocenters. The molecule has 0 aliphatic carbocycles. The number of aromatic nitrogens is 2. The maximum atomic E-state index is 5.29. The minimum atomic E-state index is 0.893. The number of hydrogen-bond acceptors (Lipinski definition) is 2. The highest BCUT2D eigenvalue weighted by molar-refractivity contribution is 5.52. The van der Waals surface area contributed by atoms with Crippen LogP contribution in [-0.4, -0.2) is 23.6 Å². The highest BCUT2D eigenvalue weighted by Crippen LogP contribution is 2.16. The van der Waals surface area contributed by atoms with Crippen LogP contribution in [-0.2, 0) is 0 Å². The molecular weight excluding hydrogens is 258 g/mol. The van der Waals surface area contributed by atoms with E-state index in [4.69, 9.17) is 6.42 Å². The van der Waals surface area contributed by atoms with Gasteiger partial charge in [-0.25, -0.2) is 4.98 Å². The average molecular weight is 277 g/mol. The third-order valence-electron chi connectivity index (χ3n) is 3.11. The topological polar surface area (TPSA) is 21.1 Å². The molecule has 2 rings (SSSR count). The minimum Gasteiger partial charge on any atom is -0.378 e. The molecule has 106 valence electrons. The largest absolute Gasteiger partial charge is 0.378 e. The molecule has 0 saturated heterocycles. The molecule has 1 aromatic heterocycles. The first-order valence-corrected chi connectivity index (χ1v) is 6.73. The van der Waals surface area contributed by atoms with E-state index in [0.717, 1.165) is 17.0 Å². The summed E-state index contributed by atoms with van der Waals surface area (Å²) in [6.45, 7) is 1.90. The molecule has 0 bridgehead atoms. The maximum Gasteiger partial charge on any atom is 0.0999 e. The van der Waals surface area contributed by atoms with Crippen molar-refractivity contribution in [3.8, 4) is 18.0 Å². The molecule has 0 atom stereocenters. The van der Waals surface area contributed by atoms with Crippen LogP contribution in [0.25, 0.3) is 11.8 Å². The van der Waals surface area contributed by atoms with Gasteiger partial charge in [-0.2, -0.15) is 0 Å². The Morgan fingerprint density at radius 2 is 2.00 bits per heavy atom. The Kier molecular flexibility index (Phi) is 4.63. The van der Waals surface area contributed by atoms with Gasteiger partial charge in [-0.05, 0) is 42.8 Å². The molecule has 3 nitrogen and oxygen atoms in total. The van der Waals surface area contributed by atoms with Crippen molar-refractivity contribution in [1.82, 2.24) is 9.55 Å². The van der Waals surface area contributed by atoms with Crippen molar-refractivity contribution >= 4 is 11.8 Å². The zero-order chi connectivity index (χ0) is 15.2. The molecule has 0 fully saturated rings. The van der Waals surface area contributed by atoms with Crippen molar-refractivity contribution in [1.29, 1.82) is 0 Å². The Bertz CT molecular complexity index is 695. The lowest BCUT2D eigenvalue weighted by Gasteiger charge is -2.12. The molecule has 1 heterocycles. The van der Waals surface area contributed by atoms with Gasteiger partial charge in [0.2, 0.25) is 0 Å². The second-order valence-corrected chi connectivity index (χ2v) is 4.97. The van der Waals surface area contributed by atoms with Gasteiger partial charge in [-0.15, -0.1) is 6.42 Å². The lowest BCUT2D eigenvalue weighted by atomic mass is 10.2. The van der Waals surface area contributed by atoms with Crippen LogP contribution in [0.3, 0.4) is 0 Å². The maximum absolute atomic E-state index is 5.29. The van der Waals surface area contributed by atoms with Gasteiger partial charge in [0.1, 0.15) is 0 Å². The van der Waals surface area contributed by atoms with Crippen LogP contribution < -0.4 is 4.90 Å². The summed E-state index contributed by atoms with van der Waals surface area (Å²) in [4.78, 5) is 6.43. The van der Waals surface area contributed by atoms with E-state index in [9.17, 15) is 0 Å². The molecule has 1 aromatic carbocycles. The van der Waals surface area contributed by atoms with Gasteiger partial charge in [0.15, 0.2) is 0 Å². The molecule has 0 radical (unpaired) electrons. The summed E-state index contributed by atoms with van der Waals surface area (Å²) in [5.74, 6) is 2.58. The molecule has 0 aliphatic heterocycles. The summed E-state index contributed by atoms with van der Waals surface area (Å²) >= 11 is 0. The Labute approximate surface area is 126 Å². The van der Waals surface area contributed by atoms with Crippen molar-refractivity contribution in [3.05, 3.63) is 60.2 Å². The van der Waals surface area contributed by atoms with Gasteiger partial charge in [0.25, 0.3) is 0 Å². The Hall–Kier alpha value is -2.73. The van der Waals surface area contributed by atoms with Crippen molar-refractivity contribution < 1.29 is 0 Å². The van der Waals surface area contributed by atoms with Crippen molar-refractivity contribution in [2.24, 2.45) is 0 Å². The molecule has 0 aliphatic rings. The van der Waals surface area contributed by atoms with E-state index >= 15 is 0 Å². The fourth-order valence-electron chi connectivity index (χ4n) is 1.83. The van der Waals surface area contributed by atoms with E-state index in [1.807, 2.05) is 56.3 Å². The van der Waals surface area contributed by atoms with E-state index in [2.05, 4.69) is 40.1 Å². The number of allylic oxidation sites excluding steroid dienone is 3. The Morgan fingerprint density at radius 1 is 1.29 bits per heavy atom. The average Bonchev–Trinajstić information content (AvgIpc) is 2.96. The third-order valence-corrected chi connectivity index (χ3v) is 3.11. The first kappa shape index (κ1) is 14.7. The van der Waals surface area contributed by atoms with E-state index in [-0.39, 0.29) is 0 Å². The van der Waals surface area contributed by atoms with Crippen molar-refractivity contribution in [2.75, 3.05) is 19.0 Å². The summed E-state index contributed by atoms with van der Waals surface area (Å²) in [5.41, 5.74) is 4.05. The van der Waals surface area contributed by atoms with Gasteiger partial charge in [0.05, 0.1) is 12.0 Å². The van der Waals surface area contributed by atoms with Crippen LogP contribution in [0.2, 0.25) is 0 Å². The second-order valence-electron chi connectivity index (χ2n) is 4.97. The predicted molar refractivity (Wildman–Crippen MR) is 89.5 cm³/mol. The first-order valence-electron chi connectivity index (χ1n) is 6.73. The molecule has 0 N–H and O–H groups in total. The Morgan fingerprint density at radius 3 is 2.62 bits per heavy atom. The molecule has 0 saturated carbocycles. The quantitative estimate of drug-likeness (QED) is 0.629. The van der Waals surface area contributed by atoms with Crippen LogP contribution in [0.4, 0.5) is 5.69 Å². The fraction of sp³-hybridized carbons (Fsp3) is 0.167. The zero-order valence-corrected chi connectivity index (χ0v) is 12.6. The van der Waals surface area contributed by atoms with E-state index in [1.165, 1.54) is 5.69 Å². The van der Waals surface area contributed by atoms with E-state index in [0.29, 0.717) is 0 Å². The minimum absolute atomic E-state index is 0.893. The Balaban J connectivity index is 2.15. The van der Waals surface area contributed by atoms with Gasteiger partial charge < -0.3 is 9.47 Å². The predicted octanol–water partition coefficient (Wildman–Crippen LogP) is 3.53. The summed E-state index contributed by atoms with van der Waals surface area (Å²) in [6, 6.07) is 8.33. The molecule has 21 heavy (non-hydrogen) atoms. The molecule has 0 amide bonds. The first-order chi connectivity index (χ1) is 10.1. The van der Waals surface area contributed by atoms with Gasteiger partial charge in [0, 0.05) is 31.7 Å². The summed E-state index contributed by atoms with van der Waals surface area (Å²) in [6.07, 6.45) is 14.8. The van der Waals surface area contributed by atoms with Crippen LogP contribution >= 0.6 is 0 Å². The number of imidazole rings is 1. The second kappa shape index (κ2) is 6.62. The summed E-state index contributed by atoms with van der Waals surface area (Å²) in [7, 11) is 4.06. The number of terminal acetylenes is 1. The standard InChI is InChI=1S/C18H19N3/c1-5-15(2)7-6-8-16-13-21(14-19-16)18-11-9-17(10-12-18)20(3)4/h1,6-14H,2-4H3/b8-6-,15-7+. The number of hydrogen-bond donors (Lipinski definition) is 0. The molecule has 0 spiro atoms. The smallest absolute Gasteiger partial charge is 0.0999 e. The number of benzene rings is 1. The SMILES string of the molecule is C#C/C(C)=C/C=C\c1cn(-c2ccc(N(C)C)cc2)cn1. The van der Waals surface area contributed by atoms with Crippen molar-refractivity contribution in [3.63, 3.8) is 0 Å². The van der Waals surface area contributed by atoms with Gasteiger partial charge in [-0.3, -0.25) is 0 Å². The highest BCUT2D eigenvalue weighted by atomic mass is 15.1. The summed E-state index contributed by atoms with van der Waals surface area (Å²) in [5, 5.41) is 0. The number of rotatable bonds is 4. The molecule has 2 aromatic rings. The van der Waals surface area contributed by atoms with E-state index < -0.39 is 0 Å². The summed E-state index contributed by atoms with van der Waals surface area (Å²) < 4.78 is 2.00. The molecular formula is C18H19N3. The third kappa shape index (κ3) is 3.87. The molecule has 3 heteroatoms. The normalized spacial score (nSPS) is 11.6. The lowest BCUT2D eigenvalue weighted by molar-refractivity contribution is 1.05. The van der Waals surface area contributed by atoms with Crippen LogP contribution in [0.5, 0.6) is 0 Å². The van der Waals surface area contributed by atoms with E-state index in [1.54, 1.807) is 0 Å². The van der Waals surface area contributed by atoms with Gasteiger partial charge >= 0.3 is 0 Å². The zero-order valence-electron chi connectivity index (χ0n) is 12.6. The number of nitrogens with zero attached hydrogens (tertiary/aromatic N) is 3.